The van der Waals surface area contributed by atoms with Gasteiger partial charge in [0, 0.05) is 11.9 Å². The van der Waals surface area contributed by atoms with E-state index in [1.807, 2.05) is 0 Å². The highest BCUT2D eigenvalue weighted by Gasteiger charge is 2.55. The number of carbonyl (C=O) groups is 2. The van der Waals surface area contributed by atoms with Crippen LogP contribution in [0.25, 0.3) is 0 Å². The Morgan fingerprint density at radius 1 is 1.24 bits per heavy atom. The Balaban J connectivity index is 1.75. The number of rotatable bonds is 3. The maximum absolute atomic E-state index is 12.3. The summed E-state index contributed by atoms with van der Waals surface area (Å²) in [7, 11) is 0. The van der Waals surface area contributed by atoms with Gasteiger partial charge in [0.1, 0.15) is 0 Å². The van der Waals surface area contributed by atoms with Crippen molar-refractivity contribution >= 4 is 27.7 Å². The third-order valence-electron chi connectivity index (χ3n) is 4.70. The van der Waals surface area contributed by atoms with Gasteiger partial charge in [0.15, 0.2) is 0 Å². The van der Waals surface area contributed by atoms with Gasteiger partial charge in [-0.05, 0) is 37.0 Å². The molecule has 3 fully saturated rings. The number of carbonyl (C=O) groups excluding carboxylic acids is 2. The molecule has 2 atom stereocenters. The molecule has 2 amide bonds. The van der Waals surface area contributed by atoms with Gasteiger partial charge in [0.05, 0.1) is 11.8 Å². The van der Waals surface area contributed by atoms with E-state index < -0.39 is 0 Å². The summed E-state index contributed by atoms with van der Waals surface area (Å²) in [6, 6.07) is 0. The van der Waals surface area contributed by atoms with Crippen molar-refractivity contribution in [1.82, 2.24) is 4.90 Å². The molecule has 0 aromatic carbocycles. The molecule has 17 heavy (non-hydrogen) atoms. The first-order chi connectivity index (χ1) is 8.06. The van der Waals surface area contributed by atoms with Crippen molar-refractivity contribution in [2.45, 2.75) is 32.6 Å². The average Bonchev–Trinajstić information content (AvgIpc) is 2.94. The molecule has 2 aliphatic carbocycles. The molecule has 0 radical (unpaired) electrons. The van der Waals surface area contributed by atoms with Crippen LogP contribution in [0.4, 0.5) is 0 Å². The van der Waals surface area contributed by atoms with Crippen molar-refractivity contribution in [2.75, 3.05) is 11.9 Å². The number of fused-ring (bicyclic) bond motifs is 1. The Kier molecular flexibility index (Phi) is 2.62. The zero-order chi connectivity index (χ0) is 12.2. The lowest BCUT2D eigenvalue weighted by atomic mass is 10.00. The SMILES string of the molecule is CC1CC2C(=O)N(CC3(CBr)CC3)C(=O)C2C1. The number of alkyl halides is 1. The molecule has 1 heterocycles. The van der Waals surface area contributed by atoms with E-state index in [-0.39, 0.29) is 29.1 Å². The fourth-order valence-electron chi connectivity index (χ4n) is 3.35. The minimum absolute atomic E-state index is 0.00336. The molecule has 0 aromatic rings. The van der Waals surface area contributed by atoms with E-state index in [0.29, 0.717) is 12.5 Å². The number of amides is 2. The third kappa shape index (κ3) is 1.76. The molecule has 1 saturated heterocycles. The predicted octanol–water partition coefficient (Wildman–Crippen LogP) is 2.19. The van der Waals surface area contributed by atoms with Crippen LogP contribution in [0.5, 0.6) is 0 Å². The zero-order valence-electron chi connectivity index (χ0n) is 10.1. The van der Waals surface area contributed by atoms with Crippen LogP contribution in [0.15, 0.2) is 0 Å². The third-order valence-corrected chi connectivity index (χ3v) is 5.89. The van der Waals surface area contributed by atoms with Crippen LogP contribution in [0.3, 0.4) is 0 Å². The quantitative estimate of drug-likeness (QED) is 0.592. The molecule has 1 aliphatic heterocycles. The van der Waals surface area contributed by atoms with Crippen LogP contribution in [0, 0.1) is 23.2 Å². The standard InChI is InChI=1S/C13H18BrNO2/c1-8-4-9-10(5-8)12(17)15(11(9)16)7-13(6-14)2-3-13/h8-10H,2-7H2,1H3. The van der Waals surface area contributed by atoms with Crippen molar-refractivity contribution < 1.29 is 9.59 Å². The second-order valence-corrected chi connectivity index (χ2v) is 6.75. The maximum atomic E-state index is 12.3. The molecule has 2 saturated carbocycles. The minimum Gasteiger partial charge on any atom is -0.282 e. The van der Waals surface area contributed by atoms with Gasteiger partial charge >= 0.3 is 0 Å². The van der Waals surface area contributed by atoms with Gasteiger partial charge in [-0.3, -0.25) is 14.5 Å². The molecule has 0 bridgehead atoms. The Bertz CT molecular complexity index is 354. The average molecular weight is 300 g/mol. The van der Waals surface area contributed by atoms with Gasteiger partial charge in [-0.25, -0.2) is 0 Å². The molecular formula is C13H18BrNO2. The van der Waals surface area contributed by atoms with Gasteiger partial charge in [0.25, 0.3) is 0 Å². The smallest absolute Gasteiger partial charge is 0.233 e. The predicted molar refractivity (Wildman–Crippen MR) is 67.6 cm³/mol. The normalized spacial score (nSPS) is 38.7. The summed E-state index contributed by atoms with van der Waals surface area (Å²) in [5, 5.41) is 0.906. The number of hydrogen-bond acceptors (Lipinski definition) is 2. The van der Waals surface area contributed by atoms with E-state index in [1.165, 1.54) is 0 Å². The van der Waals surface area contributed by atoms with Gasteiger partial charge in [0.2, 0.25) is 11.8 Å². The lowest BCUT2D eigenvalue weighted by Crippen LogP contribution is -2.37. The first-order valence-corrected chi connectivity index (χ1v) is 7.60. The minimum atomic E-state index is 0.00336. The van der Waals surface area contributed by atoms with Crippen molar-refractivity contribution in [3.8, 4) is 0 Å². The van der Waals surface area contributed by atoms with E-state index in [1.54, 1.807) is 4.90 Å². The number of halogens is 1. The lowest BCUT2D eigenvalue weighted by Gasteiger charge is -2.21. The van der Waals surface area contributed by atoms with Crippen LogP contribution in [0.2, 0.25) is 0 Å². The Hall–Kier alpha value is -0.380. The molecule has 3 aliphatic rings. The number of likely N-dealkylation sites (tertiary alicyclic amines) is 1. The molecule has 3 nitrogen and oxygen atoms in total. The highest BCUT2D eigenvalue weighted by molar-refractivity contribution is 9.09. The summed E-state index contributed by atoms with van der Waals surface area (Å²) in [5.41, 5.74) is 0.204. The highest BCUT2D eigenvalue weighted by Crippen LogP contribution is 2.50. The lowest BCUT2D eigenvalue weighted by molar-refractivity contribution is -0.141. The Morgan fingerprint density at radius 2 is 1.76 bits per heavy atom. The zero-order valence-corrected chi connectivity index (χ0v) is 11.7. The first kappa shape index (κ1) is 11.7. The van der Waals surface area contributed by atoms with Crippen molar-refractivity contribution in [1.29, 1.82) is 0 Å². The van der Waals surface area contributed by atoms with E-state index in [9.17, 15) is 9.59 Å². The van der Waals surface area contributed by atoms with Gasteiger partial charge < -0.3 is 0 Å². The van der Waals surface area contributed by atoms with E-state index in [2.05, 4.69) is 22.9 Å². The second kappa shape index (κ2) is 3.81. The summed E-state index contributed by atoms with van der Waals surface area (Å²) in [6.45, 7) is 2.79. The van der Waals surface area contributed by atoms with Crippen molar-refractivity contribution in [3.05, 3.63) is 0 Å². The van der Waals surface area contributed by atoms with Crippen LogP contribution in [0.1, 0.15) is 32.6 Å². The summed E-state index contributed by atoms with van der Waals surface area (Å²) in [5.74, 6) is 0.756. The highest BCUT2D eigenvalue weighted by atomic mass is 79.9. The van der Waals surface area contributed by atoms with Crippen LogP contribution in [-0.4, -0.2) is 28.6 Å². The molecule has 4 heteroatoms. The Labute approximate surface area is 110 Å². The monoisotopic (exact) mass is 299 g/mol. The molecule has 3 rings (SSSR count). The summed E-state index contributed by atoms with van der Waals surface area (Å²) in [6.07, 6.45) is 4.10. The van der Waals surface area contributed by atoms with E-state index >= 15 is 0 Å². The topological polar surface area (TPSA) is 37.4 Å². The number of hydrogen-bond donors (Lipinski definition) is 0. The second-order valence-electron chi connectivity index (χ2n) is 6.19. The fourth-order valence-corrected chi connectivity index (χ4v) is 4.09. The molecular weight excluding hydrogens is 282 g/mol. The van der Waals surface area contributed by atoms with Crippen molar-refractivity contribution in [3.63, 3.8) is 0 Å². The molecule has 94 valence electrons. The molecule has 0 spiro atoms. The first-order valence-electron chi connectivity index (χ1n) is 6.47. The van der Waals surface area contributed by atoms with E-state index in [4.69, 9.17) is 0 Å². The van der Waals surface area contributed by atoms with Gasteiger partial charge in [-0.15, -0.1) is 0 Å². The summed E-state index contributed by atoms with van der Waals surface area (Å²) >= 11 is 3.50. The number of imide groups is 1. The largest absolute Gasteiger partial charge is 0.282 e. The van der Waals surface area contributed by atoms with Crippen LogP contribution >= 0.6 is 15.9 Å². The fraction of sp³-hybridized carbons (Fsp3) is 0.846. The van der Waals surface area contributed by atoms with Crippen LogP contribution in [-0.2, 0) is 9.59 Å². The molecule has 0 N–H and O–H groups in total. The van der Waals surface area contributed by atoms with Crippen LogP contribution < -0.4 is 0 Å². The summed E-state index contributed by atoms with van der Waals surface area (Å²) < 4.78 is 0. The van der Waals surface area contributed by atoms with Gasteiger partial charge in [-0.2, -0.15) is 0 Å². The molecule has 0 aromatic heterocycles. The maximum Gasteiger partial charge on any atom is 0.233 e. The molecule has 2 unspecified atom stereocenters. The van der Waals surface area contributed by atoms with Gasteiger partial charge in [-0.1, -0.05) is 22.9 Å². The Morgan fingerprint density at radius 3 is 2.18 bits per heavy atom. The van der Waals surface area contributed by atoms with E-state index in [0.717, 1.165) is 31.0 Å². The van der Waals surface area contributed by atoms with Crippen molar-refractivity contribution in [2.24, 2.45) is 23.2 Å². The summed E-state index contributed by atoms with van der Waals surface area (Å²) in [4.78, 5) is 26.1. The number of nitrogens with zero attached hydrogens (tertiary/aromatic N) is 1.